The summed E-state index contributed by atoms with van der Waals surface area (Å²) in [5.41, 5.74) is 1.22. The quantitative estimate of drug-likeness (QED) is 0.155. The lowest BCUT2D eigenvalue weighted by Crippen LogP contribution is -2.60. The maximum absolute atomic E-state index is 14.5. The van der Waals surface area contributed by atoms with Crippen LogP contribution in [-0.2, 0) is 38.2 Å². The minimum atomic E-state index is -2.47. The summed E-state index contributed by atoms with van der Waals surface area (Å²) in [6, 6.07) is -1.25. The van der Waals surface area contributed by atoms with Gasteiger partial charge in [-0.2, -0.15) is 0 Å². The average molecular weight is 966 g/mol. The molecule has 1 aliphatic carbocycles. The molecular formula is C52H79N5O12. The molecule has 17 nitrogen and oxygen atoms in total. The molecule has 1 aromatic rings. The molecule has 384 valence electrons. The first-order chi connectivity index (χ1) is 32.8. The number of tetrazole rings is 1. The second-order valence-corrected chi connectivity index (χ2v) is 20.7. The third-order valence-corrected chi connectivity index (χ3v) is 15.4. The van der Waals surface area contributed by atoms with Crippen LogP contribution in [0.15, 0.2) is 53.9 Å². The van der Waals surface area contributed by atoms with Gasteiger partial charge in [0.2, 0.25) is 5.79 Å². The second kappa shape index (κ2) is 25.7. The molecular weight excluding hydrogens is 887 g/mol. The molecule has 3 fully saturated rings. The molecule has 1 amide bonds. The van der Waals surface area contributed by atoms with Gasteiger partial charge in [-0.3, -0.25) is 19.2 Å². The Morgan fingerprint density at radius 3 is 2.35 bits per heavy atom. The highest BCUT2D eigenvalue weighted by Crippen LogP contribution is 2.41. The highest BCUT2D eigenvalue weighted by molar-refractivity contribution is 6.39. The molecule has 4 aliphatic rings. The first kappa shape index (κ1) is 55.7. The van der Waals surface area contributed by atoms with Crippen molar-refractivity contribution in [2.24, 2.45) is 47.3 Å². The van der Waals surface area contributed by atoms with Crippen molar-refractivity contribution in [2.75, 3.05) is 26.9 Å². The number of nitrogens with zero attached hydrogens (tertiary/aromatic N) is 5. The Hall–Kier alpha value is -4.26. The number of amides is 1. The molecule has 0 radical (unpaired) electrons. The maximum atomic E-state index is 14.5. The highest BCUT2D eigenvalue weighted by Gasteiger charge is 2.53. The third kappa shape index (κ3) is 14.2. The van der Waals surface area contributed by atoms with Crippen LogP contribution in [0.4, 0.5) is 0 Å². The van der Waals surface area contributed by atoms with Crippen LogP contribution >= 0.6 is 0 Å². The molecule has 4 N–H and O–H groups in total. The van der Waals surface area contributed by atoms with E-state index in [1.165, 1.54) is 12.0 Å². The number of allylic oxidation sites excluding steroid dienone is 6. The monoisotopic (exact) mass is 966 g/mol. The van der Waals surface area contributed by atoms with Gasteiger partial charge in [0.15, 0.2) is 5.78 Å². The molecule has 2 bridgehead atoms. The molecule has 0 unspecified atom stereocenters. The van der Waals surface area contributed by atoms with Crippen LogP contribution in [0.25, 0.3) is 0 Å². The van der Waals surface area contributed by atoms with Crippen molar-refractivity contribution in [3.05, 3.63) is 53.9 Å². The van der Waals surface area contributed by atoms with Gasteiger partial charge in [0.05, 0.1) is 12.1 Å². The lowest BCUT2D eigenvalue weighted by molar-refractivity contribution is -0.265. The topological polar surface area (TPSA) is 241 Å². The minimum Gasteiger partial charge on any atom is -0.460 e. The average Bonchev–Trinajstić information content (AvgIpc) is 3.88. The number of aliphatic hydroxyl groups is 4. The molecule has 2 saturated heterocycles. The summed E-state index contributed by atoms with van der Waals surface area (Å²) in [5.74, 6) is -8.73. The number of fused-ring (bicyclic) bond motifs is 3. The third-order valence-electron chi connectivity index (χ3n) is 15.4. The largest absolute Gasteiger partial charge is 0.460 e. The molecule has 1 aromatic heterocycles. The molecule has 15 atom stereocenters. The Morgan fingerprint density at radius 1 is 0.913 bits per heavy atom. The van der Waals surface area contributed by atoms with E-state index in [4.69, 9.17) is 14.2 Å². The van der Waals surface area contributed by atoms with E-state index in [9.17, 15) is 44.4 Å². The Kier molecular flexibility index (Phi) is 20.8. The van der Waals surface area contributed by atoms with Crippen molar-refractivity contribution in [3.63, 3.8) is 0 Å². The summed E-state index contributed by atoms with van der Waals surface area (Å²) in [6.07, 6.45) is 13.9. The van der Waals surface area contributed by atoms with Crippen LogP contribution in [0.3, 0.4) is 0 Å². The number of piperidine rings is 1. The van der Waals surface area contributed by atoms with Crippen molar-refractivity contribution in [3.8, 4) is 0 Å². The van der Waals surface area contributed by atoms with Crippen molar-refractivity contribution in [1.82, 2.24) is 25.1 Å². The predicted octanol–water partition coefficient (Wildman–Crippen LogP) is 5.23. The van der Waals surface area contributed by atoms with Crippen LogP contribution in [0.1, 0.15) is 132 Å². The Balaban J connectivity index is 1.46. The van der Waals surface area contributed by atoms with Crippen LogP contribution in [0, 0.1) is 47.3 Å². The lowest BCUT2D eigenvalue weighted by atomic mass is 9.74. The molecule has 1 saturated carbocycles. The molecule has 4 heterocycles. The fraction of sp³-hybridized carbons (Fsp3) is 0.731. The fourth-order valence-electron chi connectivity index (χ4n) is 10.9. The normalized spacial score (nSPS) is 38.8. The molecule has 0 aromatic carbocycles. The van der Waals surface area contributed by atoms with Crippen molar-refractivity contribution in [2.45, 2.75) is 168 Å². The van der Waals surface area contributed by atoms with E-state index in [1.807, 2.05) is 51.2 Å². The van der Waals surface area contributed by atoms with Gasteiger partial charge in [-0.25, -0.2) is 9.48 Å². The number of carbonyl (C=O) groups is 5. The van der Waals surface area contributed by atoms with E-state index in [1.54, 1.807) is 44.8 Å². The number of hydrogen-bond acceptors (Lipinski definition) is 15. The van der Waals surface area contributed by atoms with Gasteiger partial charge in [-0.1, -0.05) is 76.6 Å². The zero-order chi connectivity index (χ0) is 50.6. The zero-order valence-corrected chi connectivity index (χ0v) is 42.0. The number of cyclic esters (lactones) is 1. The van der Waals surface area contributed by atoms with E-state index in [0.717, 1.165) is 12.0 Å². The number of ketones is 3. The summed E-state index contributed by atoms with van der Waals surface area (Å²) in [5, 5.41) is 55.9. The summed E-state index contributed by atoms with van der Waals surface area (Å²) >= 11 is 0. The summed E-state index contributed by atoms with van der Waals surface area (Å²) in [7, 11) is 1.37. The first-order valence-electron chi connectivity index (χ1n) is 25.2. The Morgan fingerprint density at radius 2 is 1.67 bits per heavy atom. The number of aromatic nitrogens is 4. The van der Waals surface area contributed by atoms with Crippen LogP contribution in [0.5, 0.6) is 0 Å². The number of Topliss-reactive ketones (excluding diaryl/α,β-unsaturated/α-hetero) is 3. The predicted molar refractivity (Wildman–Crippen MR) is 256 cm³/mol. The molecule has 17 heteroatoms. The summed E-state index contributed by atoms with van der Waals surface area (Å²) in [6.45, 7) is 12.3. The number of esters is 1. The molecule has 69 heavy (non-hydrogen) atoms. The van der Waals surface area contributed by atoms with E-state index >= 15 is 0 Å². The van der Waals surface area contributed by atoms with Crippen molar-refractivity contribution in [1.29, 1.82) is 0 Å². The number of methoxy groups -OCH3 is 1. The highest BCUT2D eigenvalue weighted by atomic mass is 16.6. The van der Waals surface area contributed by atoms with Crippen LogP contribution < -0.4 is 0 Å². The standard InChI is InChI=1S/C52H79N5O12/c1-31-14-10-9-11-15-32(2)39(28-58)26-41-19-17-37(7)52(66,69-41)49(63)50(64)56-21-13-12-16-43(56)51(65)68-45(34(4)24-38-18-20-42(40(25-38)29-59)57-30-53-54-55-57)27-44(60)33(3)23-36(6)47(62)48(67-8)46(61)35(5)22-31/h9-11,14-15,23,30-31,33-35,37-43,45,47-48,58-59,62,66H,12-13,16-22,24-29H2,1-8H3/b11-9+,14-10+,32-15+,36-23+/t31-,33-,34-,35+,37-,38+,39-,40+,41+,42+,43+,45+,47-,48+,52-/m1/s1. The van der Waals surface area contributed by atoms with Gasteiger partial charge in [-0.05, 0) is 118 Å². The summed E-state index contributed by atoms with van der Waals surface area (Å²) < 4.78 is 19.7. The van der Waals surface area contributed by atoms with Gasteiger partial charge in [-0.15, -0.1) is 5.10 Å². The number of carbonyl (C=O) groups excluding carboxylic acids is 5. The summed E-state index contributed by atoms with van der Waals surface area (Å²) in [4.78, 5) is 72.2. The van der Waals surface area contributed by atoms with E-state index in [0.29, 0.717) is 56.9 Å². The van der Waals surface area contributed by atoms with Crippen molar-refractivity contribution < 1.29 is 58.6 Å². The van der Waals surface area contributed by atoms with Gasteiger partial charge >= 0.3 is 5.97 Å². The number of hydrogen-bond donors (Lipinski definition) is 4. The zero-order valence-electron chi connectivity index (χ0n) is 42.0. The van der Waals surface area contributed by atoms with E-state index < -0.39 is 71.7 Å². The number of ether oxygens (including phenoxy) is 3. The molecule has 3 aliphatic heterocycles. The minimum absolute atomic E-state index is 0.00322. The first-order valence-corrected chi connectivity index (χ1v) is 25.2. The fourth-order valence-corrected chi connectivity index (χ4v) is 10.9. The van der Waals surface area contributed by atoms with Crippen LogP contribution in [-0.4, -0.2) is 138 Å². The second-order valence-electron chi connectivity index (χ2n) is 20.7. The van der Waals surface area contributed by atoms with E-state index in [-0.39, 0.29) is 86.2 Å². The van der Waals surface area contributed by atoms with Gasteiger partial charge in [0, 0.05) is 62.9 Å². The molecule has 0 spiro atoms. The van der Waals surface area contributed by atoms with Crippen LogP contribution in [0.2, 0.25) is 0 Å². The van der Waals surface area contributed by atoms with Gasteiger partial charge < -0.3 is 39.5 Å². The van der Waals surface area contributed by atoms with Crippen molar-refractivity contribution >= 4 is 29.2 Å². The SMILES string of the molecule is CO[C@H]1C(=O)[C@@H](C)C[C@H](C)/C=C/C=C/C=C(\C)[C@@H](CO)C[C@@H]2CC[C@@H](C)[C@@](O)(O2)C(=O)C(=O)N2CCCC[C@H]2C(=O)O[C@H]([C@H](C)C[C@@H]2CC[C@H](n3cnnn3)[C@H](CO)C2)CC(=O)[C@H](C)/C=C(\C)[C@H]1O. The Bertz CT molecular complexity index is 2020. The smallest absolute Gasteiger partial charge is 0.329 e. The number of rotatable bonds is 7. The maximum Gasteiger partial charge on any atom is 0.329 e. The van der Waals surface area contributed by atoms with E-state index in [2.05, 4.69) is 15.5 Å². The van der Waals surface area contributed by atoms with Gasteiger partial charge in [0.25, 0.3) is 11.7 Å². The molecule has 5 rings (SSSR count). The Labute approximate surface area is 407 Å². The lowest BCUT2D eigenvalue weighted by Gasteiger charge is -2.43. The van der Waals surface area contributed by atoms with Gasteiger partial charge in [0.1, 0.15) is 36.5 Å². The number of aliphatic hydroxyl groups excluding tert-OH is 3.